The lowest BCUT2D eigenvalue weighted by atomic mass is 10.1. The molecule has 0 fully saturated rings. The fourth-order valence-electron chi connectivity index (χ4n) is 4.53. The highest BCUT2D eigenvalue weighted by Crippen LogP contribution is 2.31. The third kappa shape index (κ3) is 9.38. The third-order valence-electron chi connectivity index (χ3n) is 6.17. The standard InChI is InChI=1S/C30H44N6O6/c1-8-41-17-23-34-24-25(36(23)18-30(6,7)40)20-13-9-10-14-21(20)33-26(24)35-27(38)22(32-19(2)37)15-11-12-16-31-28(39)42-29(3,4)5/h9-10,13-14,22,40H,8,11-12,15-18H2,1-7H3,(H,31,39)(H,32,37)(H,33,35,38)/t22-/m0/s1. The first-order valence-corrected chi connectivity index (χ1v) is 14.3. The molecule has 3 aromatic rings. The summed E-state index contributed by atoms with van der Waals surface area (Å²) >= 11 is 0. The monoisotopic (exact) mass is 584 g/mol. The fourth-order valence-corrected chi connectivity index (χ4v) is 4.53. The van der Waals surface area contributed by atoms with E-state index in [1.807, 2.05) is 35.8 Å². The predicted octanol–water partition coefficient (Wildman–Crippen LogP) is 4.03. The van der Waals surface area contributed by atoms with E-state index in [9.17, 15) is 19.5 Å². The topological polar surface area (TPSA) is 157 Å². The minimum absolute atomic E-state index is 0.217. The molecule has 1 atom stereocenters. The number of alkyl carbamates (subject to hydrolysis) is 1. The molecule has 0 aliphatic carbocycles. The van der Waals surface area contributed by atoms with E-state index < -0.39 is 29.2 Å². The first kappa shape index (κ1) is 32.7. The number of unbranched alkanes of at least 4 members (excludes halogenated alkanes) is 1. The van der Waals surface area contributed by atoms with Crippen LogP contribution in [-0.2, 0) is 32.2 Å². The predicted molar refractivity (Wildman–Crippen MR) is 161 cm³/mol. The highest BCUT2D eigenvalue weighted by atomic mass is 16.6. The number of anilines is 1. The Kier molecular flexibility index (Phi) is 10.9. The van der Waals surface area contributed by atoms with E-state index in [1.54, 1.807) is 34.6 Å². The molecule has 4 N–H and O–H groups in total. The second-order valence-corrected chi connectivity index (χ2v) is 11.9. The van der Waals surface area contributed by atoms with Crippen LogP contribution in [0.2, 0.25) is 0 Å². The molecular weight excluding hydrogens is 540 g/mol. The first-order chi connectivity index (χ1) is 19.7. The lowest BCUT2D eigenvalue weighted by molar-refractivity contribution is -0.125. The number of pyridine rings is 1. The molecule has 0 spiro atoms. The second-order valence-electron chi connectivity index (χ2n) is 11.9. The molecule has 3 amide bonds. The number of nitrogens with zero attached hydrogens (tertiary/aromatic N) is 3. The zero-order valence-electron chi connectivity index (χ0n) is 25.7. The Morgan fingerprint density at radius 3 is 2.43 bits per heavy atom. The number of carbonyl (C=O) groups is 3. The average molecular weight is 585 g/mol. The number of ether oxygens (including phenoxy) is 2. The van der Waals surface area contributed by atoms with Crippen LogP contribution in [0, 0.1) is 0 Å². The molecule has 0 aliphatic heterocycles. The molecule has 0 saturated carbocycles. The number of aliphatic hydroxyl groups is 1. The Balaban J connectivity index is 1.87. The summed E-state index contributed by atoms with van der Waals surface area (Å²) in [5.41, 5.74) is 0.192. The molecule has 0 unspecified atom stereocenters. The number of benzene rings is 1. The number of aromatic nitrogens is 3. The molecule has 3 rings (SSSR count). The van der Waals surface area contributed by atoms with Crippen LogP contribution in [-0.4, -0.2) is 67.9 Å². The molecule has 230 valence electrons. The molecule has 2 aromatic heterocycles. The van der Waals surface area contributed by atoms with Gasteiger partial charge in [-0.05, 0) is 66.9 Å². The van der Waals surface area contributed by atoms with Gasteiger partial charge in [-0.25, -0.2) is 14.8 Å². The third-order valence-corrected chi connectivity index (χ3v) is 6.17. The average Bonchev–Trinajstić information content (AvgIpc) is 3.22. The van der Waals surface area contributed by atoms with E-state index in [2.05, 4.69) is 16.0 Å². The normalized spacial score (nSPS) is 12.8. The maximum Gasteiger partial charge on any atom is 0.407 e. The SMILES string of the molecule is CCOCc1nc2c(NC(=O)[C@H](CCCCNC(=O)OC(C)(C)C)NC(C)=O)nc3ccccc3c2n1CC(C)(C)O. The van der Waals surface area contributed by atoms with Gasteiger partial charge in [0.2, 0.25) is 11.8 Å². The molecule has 0 bridgehead atoms. The number of amides is 3. The summed E-state index contributed by atoms with van der Waals surface area (Å²) in [6, 6.07) is 6.70. The second kappa shape index (κ2) is 13.9. The Bertz CT molecular complexity index is 1410. The minimum Gasteiger partial charge on any atom is -0.444 e. The molecular formula is C30H44N6O6. The van der Waals surface area contributed by atoms with Crippen LogP contribution in [0.3, 0.4) is 0 Å². The summed E-state index contributed by atoms with van der Waals surface area (Å²) in [4.78, 5) is 46.8. The zero-order chi connectivity index (χ0) is 31.1. The van der Waals surface area contributed by atoms with Crippen molar-refractivity contribution in [2.24, 2.45) is 0 Å². The lowest BCUT2D eigenvalue weighted by Gasteiger charge is -2.21. The van der Waals surface area contributed by atoms with E-state index in [0.717, 1.165) is 10.9 Å². The fraction of sp³-hybridized carbons (Fsp3) is 0.567. The number of hydrogen-bond acceptors (Lipinski definition) is 8. The molecule has 12 nitrogen and oxygen atoms in total. The number of rotatable bonds is 13. The van der Waals surface area contributed by atoms with Gasteiger partial charge < -0.3 is 35.1 Å². The Morgan fingerprint density at radius 1 is 1.07 bits per heavy atom. The molecule has 2 heterocycles. The van der Waals surface area contributed by atoms with E-state index in [4.69, 9.17) is 19.4 Å². The first-order valence-electron chi connectivity index (χ1n) is 14.3. The highest BCUT2D eigenvalue weighted by molar-refractivity contribution is 6.10. The van der Waals surface area contributed by atoms with Crippen molar-refractivity contribution in [1.82, 2.24) is 25.2 Å². The number of carbonyl (C=O) groups excluding carboxylic acids is 3. The van der Waals surface area contributed by atoms with Gasteiger partial charge in [-0.2, -0.15) is 0 Å². The summed E-state index contributed by atoms with van der Waals surface area (Å²) < 4.78 is 12.8. The van der Waals surface area contributed by atoms with Crippen molar-refractivity contribution in [3.05, 3.63) is 30.1 Å². The Morgan fingerprint density at radius 2 is 1.79 bits per heavy atom. The molecule has 42 heavy (non-hydrogen) atoms. The van der Waals surface area contributed by atoms with Crippen LogP contribution in [0.5, 0.6) is 0 Å². The van der Waals surface area contributed by atoms with E-state index in [-0.39, 0.29) is 24.9 Å². The van der Waals surface area contributed by atoms with E-state index >= 15 is 0 Å². The van der Waals surface area contributed by atoms with Crippen LogP contribution in [0.4, 0.5) is 10.6 Å². The highest BCUT2D eigenvalue weighted by Gasteiger charge is 2.26. The van der Waals surface area contributed by atoms with Crippen LogP contribution >= 0.6 is 0 Å². The number of nitrogens with one attached hydrogen (secondary N) is 3. The molecule has 0 aliphatic rings. The van der Waals surface area contributed by atoms with Gasteiger partial charge in [0.1, 0.15) is 29.6 Å². The van der Waals surface area contributed by atoms with Crippen LogP contribution in [0.1, 0.15) is 73.6 Å². The van der Waals surface area contributed by atoms with Crippen molar-refractivity contribution in [3.63, 3.8) is 0 Å². The number of para-hydroxylation sites is 1. The number of hydrogen-bond donors (Lipinski definition) is 4. The van der Waals surface area contributed by atoms with Crippen molar-refractivity contribution in [2.45, 2.75) is 98.1 Å². The molecule has 1 aromatic carbocycles. The molecule has 12 heteroatoms. The van der Waals surface area contributed by atoms with Gasteiger partial charge in [0.15, 0.2) is 5.82 Å². The Labute approximate surface area is 246 Å². The summed E-state index contributed by atoms with van der Waals surface area (Å²) in [6.45, 7) is 13.4. The maximum absolute atomic E-state index is 13.5. The quantitative estimate of drug-likeness (QED) is 0.219. The van der Waals surface area contributed by atoms with Crippen LogP contribution in [0.25, 0.3) is 21.9 Å². The number of imidazole rings is 1. The van der Waals surface area contributed by atoms with Crippen LogP contribution in [0.15, 0.2) is 24.3 Å². The smallest absolute Gasteiger partial charge is 0.407 e. The molecule has 0 saturated heterocycles. The van der Waals surface area contributed by atoms with Gasteiger partial charge in [0.25, 0.3) is 0 Å². The van der Waals surface area contributed by atoms with Crippen molar-refractivity contribution >= 4 is 45.7 Å². The van der Waals surface area contributed by atoms with Gasteiger partial charge in [-0.1, -0.05) is 18.2 Å². The van der Waals surface area contributed by atoms with Crippen molar-refractivity contribution in [1.29, 1.82) is 0 Å². The summed E-state index contributed by atoms with van der Waals surface area (Å²) in [5.74, 6) is 0.0753. The lowest BCUT2D eigenvalue weighted by Crippen LogP contribution is -2.43. The van der Waals surface area contributed by atoms with Crippen molar-refractivity contribution in [3.8, 4) is 0 Å². The summed E-state index contributed by atoms with van der Waals surface area (Å²) in [6.07, 6.45) is 0.995. The van der Waals surface area contributed by atoms with E-state index in [1.165, 1.54) is 6.92 Å². The summed E-state index contributed by atoms with van der Waals surface area (Å²) in [5, 5.41) is 19.8. The van der Waals surface area contributed by atoms with Crippen molar-refractivity contribution in [2.75, 3.05) is 18.5 Å². The van der Waals surface area contributed by atoms with Gasteiger partial charge in [0, 0.05) is 25.5 Å². The van der Waals surface area contributed by atoms with E-state index in [0.29, 0.717) is 49.3 Å². The van der Waals surface area contributed by atoms with Gasteiger partial charge >= 0.3 is 6.09 Å². The molecule has 0 radical (unpaired) electrons. The zero-order valence-corrected chi connectivity index (χ0v) is 25.7. The van der Waals surface area contributed by atoms with Gasteiger partial charge in [-0.3, -0.25) is 9.59 Å². The largest absolute Gasteiger partial charge is 0.444 e. The summed E-state index contributed by atoms with van der Waals surface area (Å²) in [7, 11) is 0. The Hall–Kier alpha value is -3.77. The minimum atomic E-state index is -1.04. The van der Waals surface area contributed by atoms with Gasteiger partial charge in [0.05, 0.1) is 23.2 Å². The van der Waals surface area contributed by atoms with Crippen LogP contribution < -0.4 is 16.0 Å². The maximum atomic E-state index is 13.5. The van der Waals surface area contributed by atoms with Crippen molar-refractivity contribution < 1.29 is 29.0 Å². The number of fused-ring (bicyclic) bond motifs is 3. The van der Waals surface area contributed by atoms with Gasteiger partial charge in [-0.15, -0.1) is 0 Å².